The number of hydrogen-bond donors (Lipinski definition) is 0. The lowest BCUT2D eigenvalue weighted by Crippen LogP contribution is -1.97. The number of imidazole rings is 1. The second-order valence-electron chi connectivity index (χ2n) is 3.99. The average Bonchev–Trinajstić information content (AvgIpc) is 2.78. The number of hydrogen-bond acceptors (Lipinski definition) is 3. The van der Waals surface area contributed by atoms with Crippen LogP contribution in [0.2, 0.25) is 0 Å². The number of nitrogens with zero attached hydrogens (tertiary/aromatic N) is 2. The third-order valence-electron chi connectivity index (χ3n) is 2.66. The zero-order valence-corrected chi connectivity index (χ0v) is 11.4. The molecule has 0 atom stereocenters. The van der Waals surface area contributed by atoms with Crippen molar-refractivity contribution in [1.82, 2.24) is 9.55 Å². The van der Waals surface area contributed by atoms with Crippen LogP contribution in [0.15, 0.2) is 41.8 Å². The fraction of sp³-hybridized carbons (Fsp3) is 0.250. The predicted molar refractivity (Wildman–Crippen MR) is 70.2 cm³/mol. The summed E-state index contributed by atoms with van der Waals surface area (Å²) in [6, 6.07) is 8.17. The minimum Gasteiger partial charge on any atom is -0.332 e. The molecule has 0 saturated heterocycles. The number of aromatic nitrogens is 2. The fourth-order valence-electron chi connectivity index (χ4n) is 1.64. The molecule has 96 valence electrons. The van der Waals surface area contributed by atoms with Gasteiger partial charge in [0.25, 0.3) is 9.05 Å². The molecule has 4 nitrogen and oxygen atoms in total. The molecule has 0 radical (unpaired) electrons. The Morgan fingerprint density at radius 1 is 1.22 bits per heavy atom. The fourth-order valence-corrected chi connectivity index (χ4v) is 2.32. The van der Waals surface area contributed by atoms with E-state index in [1.807, 2.05) is 12.1 Å². The van der Waals surface area contributed by atoms with Gasteiger partial charge in [0.05, 0.1) is 6.33 Å². The summed E-state index contributed by atoms with van der Waals surface area (Å²) in [6.45, 7) is 2.67. The number of benzene rings is 1. The third-order valence-corrected chi connectivity index (χ3v) is 3.84. The van der Waals surface area contributed by atoms with Gasteiger partial charge in [-0.1, -0.05) is 31.2 Å². The van der Waals surface area contributed by atoms with Gasteiger partial charge in [0.15, 0.2) is 5.03 Å². The number of aryl methyl sites for hydroxylation is 1. The summed E-state index contributed by atoms with van der Waals surface area (Å²) in [5.74, 6) is 0. The highest BCUT2D eigenvalue weighted by Gasteiger charge is 2.13. The highest BCUT2D eigenvalue weighted by Crippen LogP contribution is 2.13. The summed E-state index contributed by atoms with van der Waals surface area (Å²) in [5, 5.41) is -0.116. The van der Waals surface area contributed by atoms with Gasteiger partial charge in [-0.3, -0.25) is 0 Å². The van der Waals surface area contributed by atoms with Crippen molar-refractivity contribution in [2.75, 3.05) is 0 Å². The minimum atomic E-state index is -3.74. The van der Waals surface area contributed by atoms with Crippen molar-refractivity contribution in [2.45, 2.75) is 24.9 Å². The summed E-state index contributed by atoms with van der Waals surface area (Å²) in [7, 11) is 1.47. The molecule has 2 aromatic rings. The van der Waals surface area contributed by atoms with Crippen LogP contribution in [0.25, 0.3) is 0 Å². The standard InChI is InChI=1S/C12H13ClN2O2S/c1-2-10-3-5-11(6-4-10)7-15-8-12(14-9-15)18(13,16)17/h3-6,8-9H,2,7H2,1H3. The first kappa shape index (κ1) is 13.1. The van der Waals surface area contributed by atoms with Crippen molar-refractivity contribution in [1.29, 1.82) is 0 Å². The van der Waals surface area contributed by atoms with Gasteiger partial charge in [0, 0.05) is 23.4 Å². The van der Waals surface area contributed by atoms with Crippen LogP contribution in [-0.4, -0.2) is 18.0 Å². The Morgan fingerprint density at radius 3 is 2.33 bits per heavy atom. The van der Waals surface area contributed by atoms with E-state index in [0.29, 0.717) is 6.54 Å². The summed E-state index contributed by atoms with van der Waals surface area (Å²) >= 11 is 0. The molecule has 0 aliphatic heterocycles. The number of halogens is 1. The van der Waals surface area contributed by atoms with E-state index in [2.05, 4.69) is 24.0 Å². The van der Waals surface area contributed by atoms with Crippen LogP contribution in [-0.2, 0) is 22.0 Å². The SMILES string of the molecule is CCc1ccc(Cn2cnc(S(=O)(=O)Cl)c2)cc1. The van der Waals surface area contributed by atoms with Gasteiger partial charge >= 0.3 is 0 Å². The lowest BCUT2D eigenvalue weighted by molar-refractivity contribution is 0.606. The summed E-state index contributed by atoms with van der Waals surface area (Å²) in [4.78, 5) is 3.76. The Balaban J connectivity index is 2.16. The van der Waals surface area contributed by atoms with Crippen LogP contribution >= 0.6 is 10.7 Å². The molecular formula is C12H13ClN2O2S. The second kappa shape index (κ2) is 5.12. The van der Waals surface area contributed by atoms with Crippen molar-refractivity contribution in [3.8, 4) is 0 Å². The van der Waals surface area contributed by atoms with Crippen LogP contribution in [0.1, 0.15) is 18.1 Å². The smallest absolute Gasteiger partial charge is 0.280 e. The van der Waals surface area contributed by atoms with Crippen molar-refractivity contribution >= 4 is 19.7 Å². The Kier molecular flexibility index (Phi) is 3.73. The van der Waals surface area contributed by atoms with Crippen molar-refractivity contribution in [2.24, 2.45) is 0 Å². The average molecular weight is 285 g/mol. The predicted octanol–water partition coefficient (Wildman–Crippen LogP) is 2.42. The molecule has 0 amide bonds. The lowest BCUT2D eigenvalue weighted by atomic mass is 10.1. The number of rotatable bonds is 4. The Bertz CT molecular complexity index is 632. The van der Waals surface area contributed by atoms with E-state index >= 15 is 0 Å². The van der Waals surface area contributed by atoms with Crippen LogP contribution < -0.4 is 0 Å². The first-order chi connectivity index (χ1) is 8.49. The zero-order chi connectivity index (χ0) is 13.2. The Labute approximate surface area is 111 Å². The van der Waals surface area contributed by atoms with E-state index in [0.717, 1.165) is 12.0 Å². The Hall–Kier alpha value is -1.33. The highest BCUT2D eigenvalue weighted by molar-refractivity contribution is 8.13. The molecule has 2 rings (SSSR count). The van der Waals surface area contributed by atoms with Gasteiger partial charge in [-0.05, 0) is 17.5 Å². The van der Waals surface area contributed by atoms with Crippen molar-refractivity contribution in [3.63, 3.8) is 0 Å². The molecule has 0 bridgehead atoms. The molecule has 0 saturated carbocycles. The van der Waals surface area contributed by atoms with E-state index in [9.17, 15) is 8.42 Å². The summed E-state index contributed by atoms with van der Waals surface area (Å²) < 4.78 is 23.8. The summed E-state index contributed by atoms with van der Waals surface area (Å²) in [5.41, 5.74) is 2.36. The Morgan fingerprint density at radius 2 is 1.83 bits per heavy atom. The molecule has 0 N–H and O–H groups in total. The largest absolute Gasteiger partial charge is 0.332 e. The first-order valence-corrected chi connectivity index (χ1v) is 7.84. The van der Waals surface area contributed by atoms with E-state index in [1.54, 1.807) is 4.57 Å². The monoisotopic (exact) mass is 284 g/mol. The first-order valence-electron chi connectivity index (χ1n) is 5.53. The molecule has 18 heavy (non-hydrogen) atoms. The lowest BCUT2D eigenvalue weighted by Gasteiger charge is -2.03. The van der Waals surface area contributed by atoms with Gasteiger partial charge in [0.1, 0.15) is 0 Å². The normalized spacial score (nSPS) is 11.7. The van der Waals surface area contributed by atoms with Crippen LogP contribution in [0.4, 0.5) is 0 Å². The molecule has 0 unspecified atom stereocenters. The quantitative estimate of drug-likeness (QED) is 0.810. The van der Waals surface area contributed by atoms with Gasteiger partial charge in [0.2, 0.25) is 0 Å². The zero-order valence-electron chi connectivity index (χ0n) is 9.88. The van der Waals surface area contributed by atoms with Crippen LogP contribution in [0.5, 0.6) is 0 Å². The van der Waals surface area contributed by atoms with Gasteiger partial charge in [-0.15, -0.1) is 0 Å². The van der Waals surface area contributed by atoms with E-state index in [1.165, 1.54) is 18.1 Å². The van der Waals surface area contributed by atoms with Crippen LogP contribution in [0, 0.1) is 0 Å². The topological polar surface area (TPSA) is 52.0 Å². The van der Waals surface area contributed by atoms with E-state index in [4.69, 9.17) is 10.7 Å². The maximum atomic E-state index is 11.1. The molecule has 0 fully saturated rings. The summed E-state index contributed by atoms with van der Waals surface area (Å²) in [6.07, 6.45) is 3.89. The molecule has 0 aliphatic carbocycles. The van der Waals surface area contributed by atoms with E-state index < -0.39 is 9.05 Å². The highest BCUT2D eigenvalue weighted by atomic mass is 35.7. The van der Waals surface area contributed by atoms with Crippen LogP contribution in [0.3, 0.4) is 0 Å². The maximum Gasteiger partial charge on any atom is 0.280 e. The van der Waals surface area contributed by atoms with Gasteiger partial charge in [-0.2, -0.15) is 0 Å². The molecular weight excluding hydrogens is 272 g/mol. The molecule has 6 heteroatoms. The molecule has 0 aliphatic rings. The van der Waals surface area contributed by atoms with Crippen molar-refractivity contribution < 1.29 is 8.42 Å². The van der Waals surface area contributed by atoms with Crippen molar-refractivity contribution in [3.05, 3.63) is 47.9 Å². The minimum absolute atomic E-state index is 0.116. The van der Waals surface area contributed by atoms with Gasteiger partial charge < -0.3 is 4.57 Å². The molecule has 1 aromatic heterocycles. The third kappa shape index (κ3) is 3.11. The van der Waals surface area contributed by atoms with E-state index in [-0.39, 0.29) is 5.03 Å². The maximum absolute atomic E-state index is 11.1. The van der Waals surface area contributed by atoms with Gasteiger partial charge in [-0.25, -0.2) is 13.4 Å². The molecule has 1 heterocycles. The molecule has 0 spiro atoms. The second-order valence-corrected chi connectivity index (χ2v) is 6.50. The molecule has 1 aromatic carbocycles.